The molecule has 27 heavy (non-hydrogen) atoms. The van der Waals surface area contributed by atoms with Crippen molar-refractivity contribution in [2.24, 2.45) is 0 Å². The predicted octanol–water partition coefficient (Wildman–Crippen LogP) is 1.36. The van der Waals surface area contributed by atoms with Gasteiger partial charge in [-0.2, -0.15) is 0 Å². The van der Waals surface area contributed by atoms with E-state index in [2.05, 4.69) is 11.9 Å². The second-order valence-electron chi connectivity index (χ2n) is 5.53. The maximum atomic E-state index is 12.5. The van der Waals surface area contributed by atoms with Gasteiger partial charge in [0.25, 0.3) is 11.8 Å². The minimum absolute atomic E-state index is 0.0195. The van der Waals surface area contributed by atoms with E-state index in [1.54, 1.807) is 6.07 Å². The van der Waals surface area contributed by atoms with Gasteiger partial charge in [-0.15, -0.1) is 6.58 Å². The van der Waals surface area contributed by atoms with Crippen LogP contribution in [0.4, 0.5) is 0 Å². The Labute approximate surface area is 161 Å². The summed E-state index contributed by atoms with van der Waals surface area (Å²) in [6.45, 7) is 5.12. The average molecular weight is 390 g/mol. The molecule has 2 amide bonds. The zero-order valence-electron chi connectivity index (χ0n) is 14.7. The third kappa shape index (κ3) is 4.50. The number of ether oxygens (including phenoxy) is 2. The molecule has 0 spiro atoms. The standard InChI is InChI=1S/C18H18N2O6S/c1-4-7-20-16(22)12(15(21)19-18(20)27)8-11-5-6-13(14(9-11)25-3)26-10(2)17(23)24/h4-6,8-10H,1,7H2,2-3H3,(H,23,24)(H,19,21,27)/b12-8+. The highest BCUT2D eigenvalue weighted by Crippen LogP contribution is 2.30. The molecule has 1 unspecified atom stereocenters. The maximum Gasteiger partial charge on any atom is 0.344 e. The van der Waals surface area contributed by atoms with Crippen LogP contribution in [0, 0.1) is 0 Å². The molecular formula is C18H18N2O6S. The minimum Gasteiger partial charge on any atom is -0.493 e. The number of thiocarbonyl (C=S) groups is 1. The van der Waals surface area contributed by atoms with E-state index < -0.39 is 23.9 Å². The lowest BCUT2D eigenvalue weighted by atomic mass is 10.1. The van der Waals surface area contributed by atoms with E-state index in [1.165, 1.54) is 43.2 Å². The molecule has 0 radical (unpaired) electrons. The number of methoxy groups -OCH3 is 1. The number of benzene rings is 1. The third-order valence-corrected chi connectivity index (χ3v) is 3.97. The fraction of sp³-hybridized carbons (Fsp3) is 0.222. The number of hydrogen-bond donors (Lipinski definition) is 2. The molecule has 9 heteroatoms. The highest BCUT2D eigenvalue weighted by Gasteiger charge is 2.32. The highest BCUT2D eigenvalue weighted by molar-refractivity contribution is 7.80. The largest absolute Gasteiger partial charge is 0.493 e. The molecule has 1 atom stereocenters. The van der Waals surface area contributed by atoms with Crippen LogP contribution in [0.5, 0.6) is 11.5 Å². The summed E-state index contributed by atoms with van der Waals surface area (Å²) >= 11 is 5.00. The summed E-state index contributed by atoms with van der Waals surface area (Å²) in [4.78, 5) is 36.8. The Bertz CT molecular complexity index is 848. The van der Waals surface area contributed by atoms with Crippen molar-refractivity contribution in [3.8, 4) is 11.5 Å². The molecule has 0 bridgehead atoms. The van der Waals surface area contributed by atoms with Crippen LogP contribution in [-0.2, 0) is 14.4 Å². The lowest BCUT2D eigenvalue weighted by molar-refractivity contribution is -0.144. The maximum absolute atomic E-state index is 12.5. The summed E-state index contributed by atoms with van der Waals surface area (Å²) < 4.78 is 10.5. The van der Waals surface area contributed by atoms with Gasteiger partial charge >= 0.3 is 5.97 Å². The molecule has 1 aromatic rings. The van der Waals surface area contributed by atoms with E-state index in [-0.39, 0.29) is 28.7 Å². The van der Waals surface area contributed by atoms with E-state index in [0.717, 1.165) is 0 Å². The molecule has 8 nitrogen and oxygen atoms in total. The fourth-order valence-electron chi connectivity index (χ4n) is 2.27. The van der Waals surface area contributed by atoms with Crippen molar-refractivity contribution < 1.29 is 29.0 Å². The van der Waals surface area contributed by atoms with Crippen molar-refractivity contribution in [3.63, 3.8) is 0 Å². The number of aliphatic carboxylic acids is 1. The van der Waals surface area contributed by atoms with Crippen LogP contribution in [0.1, 0.15) is 12.5 Å². The van der Waals surface area contributed by atoms with E-state index in [1.807, 2.05) is 0 Å². The molecule has 0 aromatic heterocycles. The van der Waals surface area contributed by atoms with Crippen LogP contribution < -0.4 is 14.8 Å². The van der Waals surface area contributed by atoms with Crippen molar-refractivity contribution in [1.82, 2.24) is 10.2 Å². The molecule has 1 aromatic carbocycles. The molecule has 1 saturated heterocycles. The molecule has 1 fully saturated rings. The Morgan fingerprint density at radius 2 is 2.11 bits per heavy atom. The average Bonchev–Trinajstić information content (AvgIpc) is 2.63. The van der Waals surface area contributed by atoms with Crippen LogP contribution in [0.15, 0.2) is 36.4 Å². The van der Waals surface area contributed by atoms with Crippen molar-refractivity contribution >= 4 is 41.2 Å². The molecule has 0 saturated carbocycles. The predicted molar refractivity (Wildman–Crippen MR) is 101 cm³/mol. The van der Waals surface area contributed by atoms with Crippen molar-refractivity contribution in [3.05, 3.63) is 42.0 Å². The first-order valence-electron chi connectivity index (χ1n) is 7.85. The second kappa shape index (κ2) is 8.45. The van der Waals surface area contributed by atoms with E-state index in [0.29, 0.717) is 5.56 Å². The summed E-state index contributed by atoms with van der Waals surface area (Å²) in [5, 5.41) is 11.4. The summed E-state index contributed by atoms with van der Waals surface area (Å²) in [5.74, 6) is -1.78. The van der Waals surface area contributed by atoms with Crippen molar-refractivity contribution in [1.29, 1.82) is 0 Å². The van der Waals surface area contributed by atoms with Gasteiger partial charge < -0.3 is 14.6 Å². The van der Waals surface area contributed by atoms with Crippen LogP contribution in [0.2, 0.25) is 0 Å². The summed E-state index contributed by atoms with van der Waals surface area (Å²) in [6.07, 6.45) is 1.82. The third-order valence-electron chi connectivity index (χ3n) is 3.65. The summed E-state index contributed by atoms with van der Waals surface area (Å²) in [5.41, 5.74) is 0.395. The lowest BCUT2D eigenvalue weighted by Crippen LogP contribution is -2.53. The minimum atomic E-state index is -1.12. The van der Waals surface area contributed by atoms with Gasteiger partial charge in [0.15, 0.2) is 22.7 Å². The summed E-state index contributed by atoms with van der Waals surface area (Å²) in [7, 11) is 1.40. The van der Waals surface area contributed by atoms with Gasteiger partial charge in [-0.25, -0.2) is 4.79 Å². The van der Waals surface area contributed by atoms with Crippen molar-refractivity contribution in [2.75, 3.05) is 13.7 Å². The van der Waals surface area contributed by atoms with Crippen LogP contribution in [-0.4, -0.2) is 52.7 Å². The number of carbonyl (C=O) groups is 3. The number of nitrogens with zero attached hydrogens (tertiary/aromatic N) is 1. The van der Waals surface area contributed by atoms with Crippen LogP contribution in [0.3, 0.4) is 0 Å². The zero-order chi connectivity index (χ0) is 20.1. The van der Waals surface area contributed by atoms with Gasteiger partial charge in [-0.05, 0) is 42.9 Å². The van der Waals surface area contributed by atoms with Gasteiger partial charge in [0.1, 0.15) is 5.57 Å². The lowest BCUT2D eigenvalue weighted by Gasteiger charge is -2.27. The number of hydrogen-bond acceptors (Lipinski definition) is 6. The first-order valence-corrected chi connectivity index (χ1v) is 8.26. The quantitative estimate of drug-likeness (QED) is 0.313. The molecular weight excluding hydrogens is 372 g/mol. The number of amides is 2. The monoisotopic (exact) mass is 390 g/mol. The summed E-state index contributed by atoms with van der Waals surface area (Å²) in [6, 6.07) is 4.61. The van der Waals surface area contributed by atoms with Gasteiger partial charge in [0.05, 0.1) is 7.11 Å². The fourth-order valence-corrected chi connectivity index (χ4v) is 2.52. The normalized spacial score (nSPS) is 16.7. The van der Waals surface area contributed by atoms with E-state index in [9.17, 15) is 14.4 Å². The molecule has 1 aliphatic heterocycles. The Morgan fingerprint density at radius 1 is 1.41 bits per heavy atom. The van der Waals surface area contributed by atoms with Gasteiger partial charge in [0.2, 0.25) is 0 Å². The molecule has 2 N–H and O–H groups in total. The molecule has 1 aliphatic rings. The number of carbonyl (C=O) groups excluding carboxylic acids is 2. The molecule has 2 rings (SSSR count). The second-order valence-corrected chi connectivity index (χ2v) is 5.92. The van der Waals surface area contributed by atoms with Gasteiger partial charge in [0, 0.05) is 6.54 Å². The van der Waals surface area contributed by atoms with Crippen LogP contribution >= 0.6 is 12.2 Å². The molecule has 142 valence electrons. The Hall–Kier alpha value is -3.20. The number of rotatable bonds is 7. The molecule has 1 heterocycles. The number of carboxylic acids is 1. The van der Waals surface area contributed by atoms with Gasteiger partial charge in [-0.1, -0.05) is 12.1 Å². The van der Waals surface area contributed by atoms with E-state index >= 15 is 0 Å². The van der Waals surface area contributed by atoms with Crippen LogP contribution in [0.25, 0.3) is 6.08 Å². The zero-order valence-corrected chi connectivity index (χ0v) is 15.5. The Morgan fingerprint density at radius 3 is 2.70 bits per heavy atom. The molecule has 0 aliphatic carbocycles. The smallest absolute Gasteiger partial charge is 0.344 e. The Kier molecular flexibility index (Phi) is 6.30. The SMILES string of the molecule is C=CCN1C(=O)/C(=C/c2ccc(OC(C)C(=O)O)c(OC)c2)C(=O)NC1=S. The highest BCUT2D eigenvalue weighted by atomic mass is 32.1. The number of nitrogens with one attached hydrogen (secondary N) is 1. The number of carboxylic acid groups (broad SMARTS) is 1. The topological polar surface area (TPSA) is 105 Å². The first-order chi connectivity index (χ1) is 12.8. The first kappa shape index (κ1) is 20.1. The van der Waals surface area contributed by atoms with E-state index in [4.69, 9.17) is 26.8 Å². The Balaban J connectivity index is 2.35. The van der Waals surface area contributed by atoms with Gasteiger partial charge in [-0.3, -0.25) is 19.8 Å². The van der Waals surface area contributed by atoms with Crippen molar-refractivity contribution in [2.45, 2.75) is 13.0 Å².